The lowest BCUT2D eigenvalue weighted by atomic mass is 10.1. The van der Waals surface area contributed by atoms with E-state index < -0.39 is 0 Å². The largest absolute Gasteiger partial charge is 0.322 e. The standard InChI is InChI=1S/C21H16FNO/c22-19-13-11-16(12-14-19)9-10-17-5-4-8-20(15-17)23-21(24)18-6-2-1-3-7-18/h1-15H,(H,23,24)/b10-9+. The van der Waals surface area contributed by atoms with E-state index >= 15 is 0 Å². The van der Waals surface area contributed by atoms with Crippen molar-refractivity contribution in [2.75, 3.05) is 5.32 Å². The van der Waals surface area contributed by atoms with Crippen LogP contribution in [0.3, 0.4) is 0 Å². The van der Waals surface area contributed by atoms with Crippen LogP contribution in [-0.4, -0.2) is 5.91 Å². The molecule has 118 valence electrons. The first-order valence-corrected chi connectivity index (χ1v) is 7.61. The third-order valence-corrected chi connectivity index (χ3v) is 3.52. The van der Waals surface area contributed by atoms with Crippen LogP contribution in [0.5, 0.6) is 0 Å². The van der Waals surface area contributed by atoms with Crippen LogP contribution in [0.2, 0.25) is 0 Å². The smallest absolute Gasteiger partial charge is 0.255 e. The highest BCUT2D eigenvalue weighted by Crippen LogP contribution is 2.15. The second-order valence-electron chi connectivity index (χ2n) is 5.33. The Morgan fingerprint density at radius 2 is 1.50 bits per heavy atom. The first-order valence-electron chi connectivity index (χ1n) is 7.61. The van der Waals surface area contributed by atoms with Crippen molar-refractivity contribution in [3.05, 3.63) is 101 Å². The van der Waals surface area contributed by atoms with Crippen molar-refractivity contribution >= 4 is 23.7 Å². The number of hydrogen-bond donors (Lipinski definition) is 1. The van der Waals surface area contributed by atoms with Gasteiger partial charge in [-0.15, -0.1) is 0 Å². The Morgan fingerprint density at radius 3 is 2.25 bits per heavy atom. The molecule has 0 saturated heterocycles. The molecule has 24 heavy (non-hydrogen) atoms. The molecule has 0 radical (unpaired) electrons. The Hall–Kier alpha value is -3.20. The van der Waals surface area contributed by atoms with E-state index in [-0.39, 0.29) is 11.7 Å². The van der Waals surface area contributed by atoms with Gasteiger partial charge in [-0.2, -0.15) is 0 Å². The predicted molar refractivity (Wildman–Crippen MR) is 96.2 cm³/mol. The van der Waals surface area contributed by atoms with E-state index in [0.29, 0.717) is 5.56 Å². The Bertz CT molecular complexity index is 855. The number of anilines is 1. The maximum atomic E-state index is 12.9. The third kappa shape index (κ3) is 4.17. The highest BCUT2D eigenvalue weighted by molar-refractivity contribution is 6.04. The number of amides is 1. The molecule has 3 heteroatoms. The van der Waals surface area contributed by atoms with Crippen LogP contribution in [-0.2, 0) is 0 Å². The van der Waals surface area contributed by atoms with Crippen molar-refractivity contribution in [1.82, 2.24) is 0 Å². The molecule has 0 fully saturated rings. The van der Waals surface area contributed by atoms with Crippen LogP contribution in [0.25, 0.3) is 12.2 Å². The fraction of sp³-hybridized carbons (Fsp3) is 0. The summed E-state index contributed by atoms with van der Waals surface area (Å²) < 4.78 is 12.9. The third-order valence-electron chi connectivity index (χ3n) is 3.52. The summed E-state index contributed by atoms with van der Waals surface area (Å²) in [4.78, 5) is 12.2. The van der Waals surface area contributed by atoms with Gasteiger partial charge in [-0.05, 0) is 47.5 Å². The van der Waals surface area contributed by atoms with Crippen LogP contribution in [0.4, 0.5) is 10.1 Å². The van der Waals surface area contributed by atoms with E-state index in [9.17, 15) is 9.18 Å². The van der Waals surface area contributed by atoms with E-state index in [4.69, 9.17) is 0 Å². The fourth-order valence-corrected chi connectivity index (χ4v) is 2.28. The maximum absolute atomic E-state index is 12.9. The minimum absolute atomic E-state index is 0.143. The van der Waals surface area contributed by atoms with Gasteiger partial charge in [-0.25, -0.2) is 4.39 Å². The summed E-state index contributed by atoms with van der Waals surface area (Å²) in [5.41, 5.74) is 3.20. The van der Waals surface area contributed by atoms with Gasteiger partial charge in [-0.3, -0.25) is 4.79 Å². The summed E-state index contributed by atoms with van der Waals surface area (Å²) in [5.74, 6) is -0.395. The highest BCUT2D eigenvalue weighted by atomic mass is 19.1. The molecule has 0 aliphatic rings. The number of carbonyl (C=O) groups excluding carboxylic acids is 1. The molecule has 3 rings (SSSR count). The number of rotatable bonds is 4. The van der Waals surface area contributed by atoms with Crippen LogP contribution >= 0.6 is 0 Å². The molecule has 0 aliphatic heterocycles. The number of benzene rings is 3. The summed E-state index contributed by atoms with van der Waals surface area (Å²) in [5, 5.41) is 2.88. The normalized spacial score (nSPS) is 10.7. The van der Waals surface area contributed by atoms with Crippen molar-refractivity contribution in [1.29, 1.82) is 0 Å². The van der Waals surface area contributed by atoms with Crippen LogP contribution < -0.4 is 5.32 Å². The van der Waals surface area contributed by atoms with Crippen molar-refractivity contribution in [2.45, 2.75) is 0 Å². The van der Waals surface area contributed by atoms with Gasteiger partial charge < -0.3 is 5.32 Å². The molecule has 0 atom stereocenters. The molecule has 1 N–H and O–H groups in total. The van der Waals surface area contributed by atoms with Gasteiger partial charge in [0.2, 0.25) is 0 Å². The minimum atomic E-state index is -0.252. The summed E-state index contributed by atoms with van der Waals surface area (Å²) in [7, 11) is 0. The van der Waals surface area contributed by atoms with Gasteiger partial charge in [0, 0.05) is 11.3 Å². The van der Waals surface area contributed by atoms with Gasteiger partial charge >= 0.3 is 0 Å². The van der Waals surface area contributed by atoms with Crippen molar-refractivity contribution in [3.63, 3.8) is 0 Å². The quantitative estimate of drug-likeness (QED) is 0.654. The lowest BCUT2D eigenvalue weighted by Gasteiger charge is -2.06. The first kappa shape index (κ1) is 15.7. The summed E-state index contributed by atoms with van der Waals surface area (Å²) in [6.45, 7) is 0. The van der Waals surface area contributed by atoms with Crippen LogP contribution in [0, 0.1) is 5.82 Å². The van der Waals surface area contributed by atoms with Crippen molar-refractivity contribution in [2.24, 2.45) is 0 Å². The van der Waals surface area contributed by atoms with Crippen LogP contribution in [0.1, 0.15) is 21.5 Å². The Labute approximate surface area is 140 Å². The molecule has 0 bridgehead atoms. The fourth-order valence-electron chi connectivity index (χ4n) is 2.28. The molecule has 0 unspecified atom stereocenters. The lowest BCUT2D eigenvalue weighted by molar-refractivity contribution is 0.102. The van der Waals surface area contributed by atoms with Gasteiger partial charge in [0.15, 0.2) is 0 Å². The first-order chi connectivity index (χ1) is 11.7. The number of halogens is 1. The van der Waals surface area contributed by atoms with E-state index in [1.54, 1.807) is 24.3 Å². The molecule has 0 saturated carbocycles. The van der Waals surface area contributed by atoms with Gasteiger partial charge in [-0.1, -0.05) is 54.6 Å². The molecule has 0 aromatic heterocycles. The monoisotopic (exact) mass is 317 g/mol. The summed E-state index contributed by atoms with van der Waals surface area (Å²) in [6.07, 6.45) is 3.82. The molecular formula is C21H16FNO. The average Bonchev–Trinajstić information content (AvgIpc) is 2.62. The van der Waals surface area contributed by atoms with Gasteiger partial charge in [0.05, 0.1) is 0 Å². The highest BCUT2D eigenvalue weighted by Gasteiger charge is 2.04. The van der Waals surface area contributed by atoms with Crippen molar-refractivity contribution in [3.8, 4) is 0 Å². The zero-order chi connectivity index (χ0) is 16.8. The van der Waals surface area contributed by atoms with Gasteiger partial charge in [0.1, 0.15) is 5.82 Å². The van der Waals surface area contributed by atoms with Gasteiger partial charge in [0.25, 0.3) is 5.91 Å². The molecule has 0 spiro atoms. The topological polar surface area (TPSA) is 29.1 Å². The number of hydrogen-bond acceptors (Lipinski definition) is 1. The zero-order valence-corrected chi connectivity index (χ0v) is 12.9. The number of carbonyl (C=O) groups is 1. The molecule has 0 aliphatic carbocycles. The molecule has 0 heterocycles. The van der Waals surface area contributed by atoms with E-state index in [2.05, 4.69) is 5.32 Å². The van der Waals surface area contributed by atoms with E-state index in [1.165, 1.54) is 12.1 Å². The second-order valence-corrected chi connectivity index (χ2v) is 5.33. The van der Waals surface area contributed by atoms with Crippen LogP contribution in [0.15, 0.2) is 78.9 Å². The Morgan fingerprint density at radius 1 is 0.792 bits per heavy atom. The molecular weight excluding hydrogens is 301 g/mol. The van der Waals surface area contributed by atoms with Crippen molar-refractivity contribution < 1.29 is 9.18 Å². The maximum Gasteiger partial charge on any atom is 0.255 e. The molecule has 1 amide bonds. The molecule has 3 aromatic rings. The minimum Gasteiger partial charge on any atom is -0.322 e. The average molecular weight is 317 g/mol. The molecule has 2 nitrogen and oxygen atoms in total. The summed E-state index contributed by atoms with van der Waals surface area (Å²) >= 11 is 0. The number of nitrogens with one attached hydrogen (secondary N) is 1. The Kier molecular flexibility index (Phi) is 4.82. The summed E-state index contributed by atoms with van der Waals surface area (Å²) in [6, 6.07) is 22.9. The zero-order valence-electron chi connectivity index (χ0n) is 12.9. The SMILES string of the molecule is O=C(Nc1cccc(/C=C/c2ccc(F)cc2)c1)c1ccccc1. The van der Waals surface area contributed by atoms with E-state index in [0.717, 1.165) is 16.8 Å². The van der Waals surface area contributed by atoms with E-state index in [1.807, 2.05) is 54.6 Å². The lowest BCUT2D eigenvalue weighted by Crippen LogP contribution is -2.11. The second kappa shape index (κ2) is 7.38. The Balaban J connectivity index is 1.72. The molecule has 3 aromatic carbocycles. The predicted octanol–water partition coefficient (Wildman–Crippen LogP) is 5.25.